The molecule has 0 aliphatic carbocycles. The van der Waals surface area contributed by atoms with Gasteiger partial charge in [0.05, 0.1) is 13.7 Å². The predicted molar refractivity (Wildman–Crippen MR) is 143 cm³/mol. The summed E-state index contributed by atoms with van der Waals surface area (Å²) in [7, 11) is 3.44. The number of aliphatic imine (C=N–C) groups is 1. The van der Waals surface area contributed by atoms with Crippen molar-refractivity contribution >= 4 is 35.9 Å². The maximum atomic E-state index is 5.95. The van der Waals surface area contributed by atoms with E-state index in [0.717, 1.165) is 69.1 Å². The van der Waals surface area contributed by atoms with Crippen molar-refractivity contribution in [1.29, 1.82) is 0 Å². The molecule has 182 valence electrons. The number of hydrogen-bond donors (Lipinski definition) is 2. The van der Waals surface area contributed by atoms with Gasteiger partial charge in [0.25, 0.3) is 0 Å². The number of ether oxygens (including phenoxy) is 2. The molecule has 1 aromatic heterocycles. The van der Waals surface area contributed by atoms with Crippen LogP contribution in [-0.4, -0.2) is 86.9 Å². The Balaban J connectivity index is 0.00000385. The average molecular weight is 569 g/mol. The smallest absolute Gasteiger partial charge is 0.225 e. The lowest BCUT2D eigenvalue weighted by Crippen LogP contribution is -2.48. The molecule has 3 rings (SSSR count). The lowest BCUT2D eigenvalue weighted by atomic mass is 10.3. The van der Waals surface area contributed by atoms with Crippen molar-refractivity contribution in [2.45, 2.75) is 19.4 Å². The lowest BCUT2D eigenvalue weighted by Gasteiger charge is -2.34. The van der Waals surface area contributed by atoms with E-state index in [-0.39, 0.29) is 30.1 Å². The molecule has 1 unspecified atom stereocenters. The van der Waals surface area contributed by atoms with E-state index in [1.165, 1.54) is 0 Å². The summed E-state index contributed by atoms with van der Waals surface area (Å²) < 4.78 is 11.2. The molecule has 0 bridgehead atoms. The number of anilines is 1. The molecule has 1 fully saturated rings. The monoisotopic (exact) mass is 569 g/mol. The van der Waals surface area contributed by atoms with Crippen LogP contribution in [-0.2, 0) is 0 Å². The molecule has 1 aromatic carbocycles. The van der Waals surface area contributed by atoms with Crippen molar-refractivity contribution in [3.8, 4) is 11.5 Å². The third-order valence-corrected chi connectivity index (χ3v) is 5.31. The van der Waals surface area contributed by atoms with Gasteiger partial charge in [-0.2, -0.15) is 0 Å². The highest BCUT2D eigenvalue weighted by molar-refractivity contribution is 14.0. The fourth-order valence-corrected chi connectivity index (χ4v) is 3.54. The Morgan fingerprint density at radius 3 is 2.52 bits per heavy atom. The minimum absolute atomic E-state index is 0. The largest absolute Gasteiger partial charge is 0.497 e. The van der Waals surface area contributed by atoms with Crippen LogP contribution in [0.3, 0.4) is 0 Å². The van der Waals surface area contributed by atoms with E-state index in [0.29, 0.717) is 6.54 Å². The summed E-state index contributed by atoms with van der Waals surface area (Å²) in [4.78, 5) is 17.7. The Hall–Kier alpha value is -2.34. The van der Waals surface area contributed by atoms with Crippen LogP contribution >= 0.6 is 24.0 Å². The highest BCUT2D eigenvalue weighted by Gasteiger charge is 2.18. The SMILES string of the molecule is CN=C(NCCCN1CCN(c2ncccn2)CC1)NCC(C)Oc1cccc(OC)c1.I. The molecular weight excluding hydrogens is 533 g/mol. The van der Waals surface area contributed by atoms with Crippen LogP contribution in [0.1, 0.15) is 13.3 Å². The number of benzene rings is 1. The molecule has 1 aliphatic rings. The van der Waals surface area contributed by atoms with Gasteiger partial charge in [0.2, 0.25) is 5.95 Å². The van der Waals surface area contributed by atoms with E-state index in [4.69, 9.17) is 9.47 Å². The van der Waals surface area contributed by atoms with Gasteiger partial charge >= 0.3 is 0 Å². The van der Waals surface area contributed by atoms with Gasteiger partial charge in [0.15, 0.2) is 5.96 Å². The first-order valence-electron chi connectivity index (χ1n) is 11.2. The van der Waals surface area contributed by atoms with Crippen molar-refractivity contribution < 1.29 is 9.47 Å². The van der Waals surface area contributed by atoms with Crippen LogP contribution in [0.5, 0.6) is 11.5 Å². The van der Waals surface area contributed by atoms with Crippen molar-refractivity contribution in [2.24, 2.45) is 4.99 Å². The summed E-state index contributed by atoms with van der Waals surface area (Å²) in [5.41, 5.74) is 0. The number of aromatic nitrogens is 2. The summed E-state index contributed by atoms with van der Waals surface area (Å²) in [6.45, 7) is 8.60. The first-order chi connectivity index (χ1) is 15.7. The number of hydrogen-bond acceptors (Lipinski definition) is 7. The maximum absolute atomic E-state index is 5.95. The van der Waals surface area contributed by atoms with Gasteiger partial charge in [-0.15, -0.1) is 24.0 Å². The van der Waals surface area contributed by atoms with Crippen molar-refractivity contribution in [1.82, 2.24) is 25.5 Å². The standard InChI is InChI=1S/C23H35N7O2.HI/c1-19(32-21-8-4-7-20(17-21)31-3)18-28-22(24-2)25-11-6-12-29-13-15-30(16-14-29)23-26-9-5-10-27-23;/h4-5,7-10,17,19H,6,11-16,18H2,1-3H3,(H2,24,25,28);1H. The van der Waals surface area contributed by atoms with Crippen LogP contribution in [0.2, 0.25) is 0 Å². The third-order valence-electron chi connectivity index (χ3n) is 5.31. The maximum Gasteiger partial charge on any atom is 0.225 e. The molecular formula is C23H36IN7O2. The van der Waals surface area contributed by atoms with Crippen molar-refractivity contribution in [3.63, 3.8) is 0 Å². The van der Waals surface area contributed by atoms with Crippen LogP contribution < -0.4 is 25.0 Å². The normalized spacial score (nSPS) is 15.4. The first-order valence-corrected chi connectivity index (χ1v) is 11.2. The number of methoxy groups -OCH3 is 1. The number of nitrogens with one attached hydrogen (secondary N) is 2. The number of halogens is 1. The zero-order valence-electron chi connectivity index (χ0n) is 19.7. The van der Waals surface area contributed by atoms with Crippen LogP contribution in [0.25, 0.3) is 0 Å². The Morgan fingerprint density at radius 2 is 1.82 bits per heavy atom. The number of rotatable bonds is 10. The fraction of sp³-hybridized carbons (Fsp3) is 0.522. The Labute approximate surface area is 214 Å². The van der Waals surface area contributed by atoms with Crippen LogP contribution in [0.4, 0.5) is 5.95 Å². The van der Waals surface area contributed by atoms with Gasteiger partial charge in [-0.05, 0) is 38.1 Å². The zero-order chi connectivity index (χ0) is 22.6. The van der Waals surface area contributed by atoms with E-state index in [1.807, 2.05) is 37.3 Å². The second-order valence-corrected chi connectivity index (χ2v) is 7.72. The van der Waals surface area contributed by atoms with Crippen LogP contribution in [0, 0.1) is 0 Å². The number of nitrogens with zero attached hydrogens (tertiary/aromatic N) is 5. The molecule has 33 heavy (non-hydrogen) atoms. The molecule has 0 spiro atoms. The molecule has 2 N–H and O–H groups in total. The summed E-state index contributed by atoms with van der Waals surface area (Å²) in [5.74, 6) is 3.20. The van der Waals surface area contributed by atoms with Gasteiger partial charge in [-0.25, -0.2) is 9.97 Å². The molecule has 9 nitrogen and oxygen atoms in total. The Bertz CT molecular complexity index is 833. The summed E-state index contributed by atoms with van der Waals surface area (Å²) in [5, 5.41) is 6.72. The number of piperazine rings is 1. The van der Waals surface area contributed by atoms with Gasteiger partial charge < -0.3 is 25.0 Å². The average Bonchev–Trinajstić information content (AvgIpc) is 2.84. The quantitative estimate of drug-likeness (QED) is 0.195. The number of guanidine groups is 1. The van der Waals surface area contributed by atoms with Gasteiger partial charge in [-0.3, -0.25) is 9.89 Å². The minimum Gasteiger partial charge on any atom is -0.497 e. The van der Waals surface area contributed by atoms with Gasteiger partial charge in [-0.1, -0.05) is 6.07 Å². The van der Waals surface area contributed by atoms with E-state index >= 15 is 0 Å². The van der Waals surface area contributed by atoms with Crippen LogP contribution in [0.15, 0.2) is 47.7 Å². The third kappa shape index (κ3) is 9.20. The highest BCUT2D eigenvalue weighted by Crippen LogP contribution is 2.19. The molecule has 1 saturated heterocycles. The Kier molecular flexibility index (Phi) is 12.0. The second-order valence-electron chi connectivity index (χ2n) is 7.72. The molecule has 0 amide bonds. The minimum atomic E-state index is -0.00875. The molecule has 10 heteroatoms. The van der Waals surface area contributed by atoms with E-state index in [9.17, 15) is 0 Å². The van der Waals surface area contributed by atoms with Crippen molar-refractivity contribution in [2.75, 3.05) is 64.9 Å². The molecule has 0 radical (unpaired) electrons. The van der Waals surface area contributed by atoms with Gasteiger partial charge in [0, 0.05) is 58.2 Å². The zero-order valence-corrected chi connectivity index (χ0v) is 22.1. The fourth-order valence-electron chi connectivity index (χ4n) is 3.54. The summed E-state index contributed by atoms with van der Waals surface area (Å²) in [6, 6.07) is 9.49. The van der Waals surface area contributed by atoms with E-state index in [2.05, 4.69) is 35.4 Å². The predicted octanol–water partition coefficient (Wildman–Crippen LogP) is 2.25. The lowest BCUT2D eigenvalue weighted by molar-refractivity contribution is 0.223. The summed E-state index contributed by atoms with van der Waals surface area (Å²) >= 11 is 0. The molecule has 1 atom stereocenters. The molecule has 2 aromatic rings. The van der Waals surface area contributed by atoms with Gasteiger partial charge in [0.1, 0.15) is 17.6 Å². The molecule has 2 heterocycles. The topological polar surface area (TPSA) is 87.1 Å². The first kappa shape index (κ1) is 26.9. The van der Waals surface area contributed by atoms with E-state index in [1.54, 1.807) is 26.6 Å². The highest BCUT2D eigenvalue weighted by atomic mass is 127. The van der Waals surface area contributed by atoms with Crippen molar-refractivity contribution in [3.05, 3.63) is 42.7 Å². The molecule has 1 aliphatic heterocycles. The Morgan fingerprint density at radius 1 is 1.09 bits per heavy atom. The molecule has 0 saturated carbocycles. The summed E-state index contributed by atoms with van der Waals surface area (Å²) in [6.07, 6.45) is 4.64. The second kappa shape index (κ2) is 14.7. The van der Waals surface area contributed by atoms with E-state index < -0.39 is 0 Å².